The zero-order chi connectivity index (χ0) is 16.4. The first kappa shape index (κ1) is 16.0. The van der Waals surface area contributed by atoms with Crippen LogP contribution in [0.3, 0.4) is 0 Å². The molecule has 0 amide bonds. The van der Waals surface area contributed by atoms with Gasteiger partial charge in [0.1, 0.15) is 11.5 Å². The molecule has 2 aromatic heterocycles. The first-order valence-corrected chi connectivity index (χ1v) is 7.61. The zero-order valence-electron chi connectivity index (χ0n) is 12.7. The van der Waals surface area contributed by atoms with E-state index in [1.54, 1.807) is 0 Å². The van der Waals surface area contributed by atoms with E-state index >= 15 is 0 Å². The monoisotopic (exact) mass is 329 g/mol. The van der Waals surface area contributed by atoms with Crippen LogP contribution in [0.15, 0.2) is 10.6 Å². The van der Waals surface area contributed by atoms with E-state index in [2.05, 4.69) is 25.1 Å². The van der Waals surface area contributed by atoms with Crippen molar-refractivity contribution in [2.45, 2.75) is 44.8 Å². The first-order valence-electron chi connectivity index (χ1n) is 7.61. The van der Waals surface area contributed by atoms with Crippen LogP contribution in [-0.2, 0) is 19.1 Å². The van der Waals surface area contributed by atoms with Crippen molar-refractivity contribution in [2.24, 2.45) is 0 Å². The average molecular weight is 329 g/mol. The first-order chi connectivity index (χ1) is 11.0. The minimum absolute atomic E-state index is 0.0478. The van der Waals surface area contributed by atoms with Crippen molar-refractivity contribution in [1.29, 1.82) is 0 Å². The molecule has 1 fully saturated rings. The van der Waals surface area contributed by atoms with E-state index in [1.807, 2.05) is 6.92 Å². The maximum Gasteiger partial charge on any atom is 0.432 e. The van der Waals surface area contributed by atoms with Gasteiger partial charge in [-0.2, -0.15) is 13.2 Å². The fraction of sp³-hybridized carbons (Fsp3) is 0.643. The summed E-state index contributed by atoms with van der Waals surface area (Å²) in [6.07, 6.45) is -1.14. The molecule has 0 bridgehead atoms. The fourth-order valence-corrected chi connectivity index (χ4v) is 2.80. The normalized spacial score (nSPS) is 20.1. The molecule has 1 aliphatic heterocycles. The second-order valence-corrected chi connectivity index (χ2v) is 5.70. The highest BCUT2D eigenvalue weighted by Gasteiger charge is 2.34. The van der Waals surface area contributed by atoms with Gasteiger partial charge in [-0.3, -0.25) is 4.90 Å². The molecule has 23 heavy (non-hydrogen) atoms. The van der Waals surface area contributed by atoms with Crippen LogP contribution in [0.5, 0.6) is 0 Å². The minimum Gasteiger partial charge on any atom is -0.424 e. The van der Waals surface area contributed by atoms with E-state index in [1.165, 1.54) is 0 Å². The lowest BCUT2D eigenvalue weighted by Crippen LogP contribution is -2.34. The number of aryl methyl sites for hydroxylation is 1. The van der Waals surface area contributed by atoms with Gasteiger partial charge >= 0.3 is 6.18 Å². The number of nitrogens with zero attached hydrogens (tertiary/aromatic N) is 4. The average Bonchev–Trinajstić information content (AvgIpc) is 3.16. The molecule has 2 aromatic rings. The lowest BCUT2D eigenvalue weighted by atomic mass is 9.97. The Morgan fingerprint density at radius 1 is 1.35 bits per heavy atom. The molecule has 126 valence electrons. The molecule has 0 spiro atoms. The molecule has 0 unspecified atom stereocenters. The van der Waals surface area contributed by atoms with E-state index in [9.17, 15) is 13.2 Å². The summed E-state index contributed by atoms with van der Waals surface area (Å²) in [5.74, 6) is 1.47. The predicted molar refractivity (Wildman–Crippen MR) is 74.5 cm³/mol. The van der Waals surface area contributed by atoms with Crippen LogP contribution in [0.25, 0.3) is 0 Å². The van der Waals surface area contributed by atoms with Crippen molar-refractivity contribution >= 4 is 0 Å². The Balaban J connectivity index is 1.64. The van der Waals surface area contributed by atoms with Crippen LogP contribution in [0.4, 0.5) is 13.2 Å². The van der Waals surface area contributed by atoms with Gasteiger partial charge in [0.25, 0.3) is 0 Å². The van der Waals surface area contributed by atoms with Crippen LogP contribution in [0, 0.1) is 0 Å². The van der Waals surface area contributed by atoms with Gasteiger partial charge in [-0.1, -0.05) is 6.92 Å². The van der Waals surface area contributed by atoms with E-state index in [4.69, 9.17) is 4.42 Å². The van der Waals surface area contributed by atoms with Crippen LogP contribution in [0.1, 0.15) is 49.0 Å². The third kappa shape index (κ3) is 3.72. The topological polar surface area (TPSA) is 70.8 Å². The quantitative estimate of drug-likeness (QED) is 0.934. The highest BCUT2D eigenvalue weighted by molar-refractivity contribution is 5.09. The molecule has 6 nitrogen and oxygen atoms in total. The summed E-state index contributed by atoms with van der Waals surface area (Å²) in [6, 6.07) is 0. The van der Waals surface area contributed by atoms with Crippen molar-refractivity contribution in [1.82, 2.24) is 25.1 Å². The molecular weight excluding hydrogens is 311 g/mol. The summed E-state index contributed by atoms with van der Waals surface area (Å²) in [4.78, 5) is 8.43. The van der Waals surface area contributed by atoms with E-state index in [0.29, 0.717) is 37.1 Å². The lowest BCUT2D eigenvalue weighted by molar-refractivity contribution is -0.141. The molecule has 1 atom stereocenters. The Hall–Kier alpha value is -1.90. The van der Waals surface area contributed by atoms with Crippen LogP contribution in [-0.4, -0.2) is 38.2 Å². The van der Waals surface area contributed by atoms with Crippen LogP contribution in [0.2, 0.25) is 0 Å². The van der Waals surface area contributed by atoms with Gasteiger partial charge in [-0.25, -0.2) is 4.98 Å². The van der Waals surface area contributed by atoms with E-state index < -0.39 is 11.9 Å². The molecule has 1 N–H and O–H groups in total. The number of imidazole rings is 1. The second-order valence-electron chi connectivity index (χ2n) is 5.70. The predicted octanol–water partition coefficient (Wildman–Crippen LogP) is 2.75. The molecule has 3 heterocycles. The molecular formula is C14H18F3N5O. The number of likely N-dealkylation sites (tertiary alicyclic amines) is 1. The van der Waals surface area contributed by atoms with Crippen molar-refractivity contribution < 1.29 is 17.6 Å². The van der Waals surface area contributed by atoms with Gasteiger partial charge in [-0.15, -0.1) is 10.2 Å². The highest BCUT2D eigenvalue weighted by Crippen LogP contribution is 2.31. The van der Waals surface area contributed by atoms with Crippen LogP contribution >= 0.6 is 0 Å². The summed E-state index contributed by atoms with van der Waals surface area (Å²) in [5, 5.41) is 7.91. The second kappa shape index (κ2) is 6.31. The molecule has 3 rings (SSSR count). The Morgan fingerprint density at radius 3 is 2.78 bits per heavy atom. The number of rotatable bonds is 4. The third-order valence-electron chi connectivity index (χ3n) is 3.96. The molecule has 1 aliphatic rings. The van der Waals surface area contributed by atoms with Crippen molar-refractivity contribution in [3.8, 4) is 0 Å². The SMILES string of the molecule is CCc1nnc(CN2CCC[C@H](c3ncc(C(F)(F)F)[nH]3)C2)o1. The van der Waals surface area contributed by atoms with Gasteiger partial charge in [0.05, 0.1) is 12.7 Å². The molecule has 1 saturated heterocycles. The van der Waals surface area contributed by atoms with Gasteiger partial charge in [0, 0.05) is 18.9 Å². The Kier molecular flexibility index (Phi) is 4.38. The minimum atomic E-state index is -4.39. The number of aromatic nitrogens is 4. The largest absolute Gasteiger partial charge is 0.432 e. The molecule has 0 aromatic carbocycles. The van der Waals surface area contributed by atoms with E-state index in [-0.39, 0.29) is 5.92 Å². The number of piperidine rings is 1. The molecule has 0 aliphatic carbocycles. The Morgan fingerprint density at radius 2 is 2.13 bits per heavy atom. The third-order valence-corrected chi connectivity index (χ3v) is 3.96. The number of alkyl halides is 3. The summed E-state index contributed by atoms with van der Waals surface area (Å²) in [5.41, 5.74) is -0.797. The zero-order valence-corrected chi connectivity index (χ0v) is 12.7. The summed E-state index contributed by atoms with van der Waals surface area (Å²) >= 11 is 0. The van der Waals surface area contributed by atoms with Crippen molar-refractivity contribution in [3.05, 3.63) is 29.5 Å². The number of aromatic amines is 1. The number of hydrogen-bond acceptors (Lipinski definition) is 5. The molecule has 0 radical (unpaired) electrons. The Labute approximate surface area is 131 Å². The summed E-state index contributed by atoms with van der Waals surface area (Å²) in [6.45, 7) is 3.92. The molecule has 0 saturated carbocycles. The lowest BCUT2D eigenvalue weighted by Gasteiger charge is -2.30. The van der Waals surface area contributed by atoms with Crippen molar-refractivity contribution in [2.75, 3.05) is 13.1 Å². The number of nitrogens with one attached hydrogen (secondary N) is 1. The maximum atomic E-state index is 12.7. The van der Waals surface area contributed by atoms with E-state index in [0.717, 1.165) is 25.6 Å². The van der Waals surface area contributed by atoms with Gasteiger partial charge in [-0.05, 0) is 19.4 Å². The van der Waals surface area contributed by atoms with Crippen LogP contribution < -0.4 is 0 Å². The maximum absolute atomic E-state index is 12.7. The van der Waals surface area contributed by atoms with Gasteiger partial charge in [0.15, 0.2) is 0 Å². The van der Waals surface area contributed by atoms with Crippen molar-refractivity contribution in [3.63, 3.8) is 0 Å². The smallest absolute Gasteiger partial charge is 0.424 e. The standard InChI is InChI=1S/C14H18F3N5O/c1-2-11-20-21-12(23-11)8-22-5-3-4-9(7-22)13-18-6-10(19-13)14(15,16)17/h6,9H,2-5,7-8H2,1H3,(H,18,19)/t9-/m0/s1. The summed E-state index contributed by atoms with van der Waals surface area (Å²) < 4.78 is 43.5. The number of hydrogen-bond donors (Lipinski definition) is 1. The molecule has 9 heteroatoms. The van der Waals surface area contributed by atoms with Gasteiger partial charge < -0.3 is 9.40 Å². The van der Waals surface area contributed by atoms with Gasteiger partial charge in [0.2, 0.25) is 11.8 Å². The number of halogens is 3. The Bertz CT molecular complexity index is 651. The number of H-pyrrole nitrogens is 1. The highest BCUT2D eigenvalue weighted by atomic mass is 19.4. The summed E-state index contributed by atoms with van der Waals surface area (Å²) in [7, 11) is 0. The fourth-order valence-electron chi connectivity index (χ4n) is 2.80.